The molecule has 1 heterocycles. The Bertz CT molecular complexity index is 888. The van der Waals surface area contributed by atoms with Crippen LogP contribution in [-0.2, 0) is 4.79 Å². The molecule has 0 aliphatic heterocycles. The molecule has 3 rings (SSSR count). The topological polar surface area (TPSA) is 42.4 Å². The number of rotatable bonds is 4. The van der Waals surface area contributed by atoms with Gasteiger partial charge in [-0.3, -0.25) is 9.78 Å². The number of likely N-dealkylation sites (N-methyl/N-ethyl adjacent to an activating group) is 1. The molecule has 1 amide bonds. The van der Waals surface area contributed by atoms with Crippen LogP contribution in [0.5, 0.6) is 5.75 Å². The number of aryl methyl sites for hydroxylation is 1. The fraction of sp³-hybridized carbons (Fsp3) is 0.200. The number of amides is 1. The molecular weight excluding hydrogens is 300 g/mol. The summed E-state index contributed by atoms with van der Waals surface area (Å²) in [5, 5.41) is 2.21. The smallest absolute Gasteiger partial charge is 0.259 e. The van der Waals surface area contributed by atoms with Crippen molar-refractivity contribution in [3.8, 4) is 16.9 Å². The maximum Gasteiger partial charge on any atom is 0.259 e. The van der Waals surface area contributed by atoms with Gasteiger partial charge in [0.2, 0.25) is 0 Å². The lowest BCUT2D eigenvalue weighted by Gasteiger charge is -2.14. The molecule has 24 heavy (non-hydrogen) atoms. The second-order valence-corrected chi connectivity index (χ2v) is 5.96. The van der Waals surface area contributed by atoms with Gasteiger partial charge < -0.3 is 9.64 Å². The first-order valence-electron chi connectivity index (χ1n) is 7.83. The van der Waals surface area contributed by atoms with E-state index in [4.69, 9.17) is 4.74 Å². The summed E-state index contributed by atoms with van der Waals surface area (Å²) in [6, 6.07) is 14.1. The molecule has 4 nitrogen and oxygen atoms in total. The Labute approximate surface area is 141 Å². The summed E-state index contributed by atoms with van der Waals surface area (Å²) >= 11 is 0. The van der Waals surface area contributed by atoms with Gasteiger partial charge in [-0.05, 0) is 47.0 Å². The van der Waals surface area contributed by atoms with Crippen LogP contribution in [0.1, 0.15) is 5.56 Å². The average Bonchev–Trinajstić information content (AvgIpc) is 2.59. The number of carbonyl (C=O) groups excluding carboxylic acids is 1. The average molecular weight is 320 g/mol. The number of ether oxygens (including phenoxy) is 1. The van der Waals surface area contributed by atoms with Gasteiger partial charge in [0.05, 0.1) is 0 Å². The van der Waals surface area contributed by atoms with Gasteiger partial charge in [0.15, 0.2) is 6.61 Å². The van der Waals surface area contributed by atoms with Crippen LogP contribution >= 0.6 is 0 Å². The fourth-order valence-electron chi connectivity index (χ4n) is 2.61. The molecule has 122 valence electrons. The molecule has 0 aliphatic carbocycles. The second kappa shape index (κ2) is 6.71. The van der Waals surface area contributed by atoms with E-state index in [-0.39, 0.29) is 12.5 Å². The highest BCUT2D eigenvalue weighted by Gasteiger charge is 2.11. The summed E-state index contributed by atoms with van der Waals surface area (Å²) in [7, 11) is 3.44. The molecule has 2 aromatic carbocycles. The molecule has 3 aromatic rings. The van der Waals surface area contributed by atoms with Gasteiger partial charge in [-0.2, -0.15) is 0 Å². The van der Waals surface area contributed by atoms with Crippen molar-refractivity contribution in [2.24, 2.45) is 0 Å². The molecule has 0 spiro atoms. The van der Waals surface area contributed by atoms with Crippen LogP contribution < -0.4 is 4.74 Å². The lowest BCUT2D eigenvalue weighted by atomic mass is 9.96. The van der Waals surface area contributed by atoms with Crippen molar-refractivity contribution in [3.63, 3.8) is 0 Å². The summed E-state index contributed by atoms with van der Waals surface area (Å²) in [4.78, 5) is 17.6. The zero-order valence-electron chi connectivity index (χ0n) is 14.1. The minimum atomic E-state index is -0.0673. The number of hydrogen-bond donors (Lipinski definition) is 0. The van der Waals surface area contributed by atoms with Crippen molar-refractivity contribution >= 4 is 16.7 Å². The minimum absolute atomic E-state index is 0.0246. The number of fused-ring (bicyclic) bond motifs is 1. The summed E-state index contributed by atoms with van der Waals surface area (Å²) < 4.78 is 5.73. The van der Waals surface area contributed by atoms with Gasteiger partial charge in [-0.1, -0.05) is 24.3 Å². The van der Waals surface area contributed by atoms with Gasteiger partial charge in [0, 0.05) is 32.1 Å². The van der Waals surface area contributed by atoms with Gasteiger partial charge in [0.25, 0.3) is 5.91 Å². The Hall–Kier alpha value is -2.88. The largest absolute Gasteiger partial charge is 0.484 e. The summed E-state index contributed by atoms with van der Waals surface area (Å²) in [5.74, 6) is 0.615. The van der Waals surface area contributed by atoms with Gasteiger partial charge in [-0.25, -0.2) is 0 Å². The number of pyridine rings is 1. The van der Waals surface area contributed by atoms with Gasteiger partial charge in [0.1, 0.15) is 5.75 Å². The molecule has 0 bridgehead atoms. The maximum atomic E-state index is 11.8. The Kier molecular flexibility index (Phi) is 4.47. The zero-order chi connectivity index (χ0) is 17.1. The van der Waals surface area contributed by atoms with Crippen molar-refractivity contribution in [1.29, 1.82) is 0 Å². The predicted molar refractivity (Wildman–Crippen MR) is 96.1 cm³/mol. The molecule has 0 N–H and O–H groups in total. The van der Waals surface area contributed by atoms with Crippen LogP contribution in [0.4, 0.5) is 0 Å². The Morgan fingerprint density at radius 2 is 1.92 bits per heavy atom. The van der Waals surface area contributed by atoms with Crippen LogP contribution in [0, 0.1) is 6.92 Å². The van der Waals surface area contributed by atoms with Crippen molar-refractivity contribution in [3.05, 3.63) is 60.4 Å². The third kappa shape index (κ3) is 3.23. The molecule has 0 unspecified atom stereocenters. The van der Waals surface area contributed by atoms with Crippen LogP contribution in [0.2, 0.25) is 0 Å². The van der Waals surface area contributed by atoms with Gasteiger partial charge >= 0.3 is 0 Å². The van der Waals surface area contributed by atoms with Crippen LogP contribution in [0.25, 0.3) is 21.9 Å². The SMILES string of the molecule is Cc1ccncc1-c1cc(OCC(=O)N(C)C)cc2ccccc12. The Morgan fingerprint density at radius 3 is 2.67 bits per heavy atom. The number of carbonyl (C=O) groups is 1. The molecular formula is C20H20N2O2. The first-order valence-corrected chi connectivity index (χ1v) is 7.83. The molecule has 0 radical (unpaired) electrons. The standard InChI is InChI=1S/C20H20N2O2/c1-14-8-9-21-12-19(14)18-11-16(24-13-20(23)22(2)3)10-15-6-4-5-7-17(15)18/h4-12H,13H2,1-3H3. The van der Waals surface area contributed by atoms with E-state index in [1.54, 1.807) is 20.3 Å². The number of nitrogens with zero attached hydrogens (tertiary/aromatic N) is 2. The highest BCUT2D eigenvalue weighted by atomic mass is 16.5. The van der Waals surface area contributed by atoms with Crippen LogP contribution in [0.3, 0.4) is 0 Å². The van der Waals surface area contributed by atoms with E-state index in [1.165, 1.54) is 4.90 Å². The molecule has 1 aromatic heterocycles. The second-order valence-electron chi connectivity index (χ2n) is 5.96. The highest BCUT2D eigenvalue weighted by molar-refractivity contribution is 5.98. The number of hydrogen-bond acceptors (Lipinski definition) is 3. The Balaban J connectivity index is 2.07. The van der Waals surface area contributed by atoms with E-state index < -0.39 is 0 Å². The van der Waals surface area contributed by atoms with Crippen molar-refractivity contribution in [2.45, 2.75) is 6.92 Å². The number of benzene rings is 2. The van der Waals surface area contributed by atoms with E-state index in [1.807, 2.05) is 42.6 Å². The summed E-state index contributed by atoms with van der Waals surface area (Å²) in [6.07, 6.45) is 3.66. The predicted octanol–water partition coefficient (Wildman–Crippen LogP) is 3.68. The fourth-order valence-corrected chi connectivity index (χ4v) is 2.61. The third-order valence-electron chi connectivity index (χ3n) is 4.03. The highest BCUT2D eigenvalue weighted by Crippen LogP contribution is 2.34. The molecule has 4 heteroatoms. The quantitative estimate of drug-likeness (QED) is 0.736. The number of aromatic nitrogens is 1. The monoisotopic (exact) mass is 320 g/mol. The lowest BCUT2D eigenvalue weighted by Crippen LogP contribution is -2.27. The lowest BCUT2D eigenvalue weighted by molar-refractivity contribution is -0.130. The zero-order valence-corrected chi connectivity index (χ0v) is 14.1. The van der Waals surface area contributed by atoms with Crippen molar-refractivity contribution < 1.29 is 9.53 Å². The van der Waals surface area contributed by atoms with E-state index in [0.29, 0.717) is 5.75 Å². The molecule has 0 saturated heterocycles. The minimum Gasteiger partial charge on any atom is -0.484 e. The molecule has 0 atom stereocenters. The summed E-state index contributed by atoms with van der Waals surface area (Å²) in [6.45, 7) is 2.09. The molecule has 0 saturated carbocycles. The van der Waals surface area contributed by atoms with E-state index in [9.17, 15) is 4.79 Å². The van der Waals surface area contributed by atoms with Crippen LogP contribution in [-0.4, -0.2) is 36.5 Å². The van der Waals surface area contributed by atoms with Crippen molar-refractivity contribution in [2.75, 3.05) is 20.7 Å². The third-order valence-corrected chi connectivity index (χ3v) is 4.03. The van der Waals surface area contributed by atoms with E-state index in [2.05, 4.69) is 18.0 Å². The van der Waals surface area contributed by atoms with E-state index >= 15 is 0 Å². The summed E-state index contributed by atoms with van der Waals surface area (Å²) in [5.41, 5.74) is 3.28. The van der Waals surface area contributed by atoms with Gasteiger partial charge in [-0.15, -0.1) is 0 Å². The Morgan fingerprint density at radius 1 is 1.12 bits per heavy atom. The first-order chi connectivity index (χ1) is 11.6. The van der Waals surface area contributed by atoms with Crippen LogP contribution in [0.15, 0.2) is 54.9 Å². The van der Waals surface area contributed by atoms with Crippen molar-refractivity contribution in [1.82, 2.24) is 9.88 Å². The normalized spacial score (nSPS) is 10.6. The molecule has 0 aliphatic rings. The molecule has 0 fully saturated rings. The maximum absolute atomic E-state index is 11.8. The van der Waals surface area contributed by atoms with E-state index in [0.717, 1.165) is 27.5 Å². The first kappa shape index (κ1) is 16.0.